The first-order chi connectivity index (χ1) is 19.4. The van der Waals surface area contributed by atoms with Crippen molar-refractivity contribution in [2.45, 2.75) is 122 Å². The maximum Gasteiger partial charge on any atom is 0.261 e. The summed E-state index contributed by atoms with van der Waals surface area (Å²) in [5.74, 6) is 0. The van der Waals surface area contributed by atoms with Crippen molar-refractivity contribution in [3.63, 3.8) is 0 Å². The molecule has 0 radical (unpaired) electrons. The third-order valence-corrected chi connectivity index (χ3v) is 12.8. The van der Waals surface area contributed by atoms with Crippen molar-refractivity contribution in [3.8, 4) is 0 Å². The number of allylic oxidation sites excluding steroid dienone is 1. The van der Waals surface area contributed by atoms with Gasteiger partial charge < -0.3 is 9.53 Å². The first kappa shape index (κ1) is 33.8. The molecule has 0 spiro atoms. The van der Waals surface area contributed by atoms with Crippen LogP contribution in [0.15, 0.2) is 77.9 Å². The Bertz CT molecular complexity index is 961. The van der Waals surface area contributed by atoms with Gasteiger partial charge in [0.15, 0.2) is 0 Å². The molecule has 1 N–H and O–H groups in total. The van der Waals surface area contributed by atoms with Gasteiger partial charge >= 0.3 is 0 Å². The van der Waals surface area contributed by atoms with Gasteiger partial charge in [-0.3, -0.25) is 0 Å². The van der Waals surface area contributed by atoms with Crippen LogP contribution in [0.2, 0.25) is 5.04 Å². The molecule has 2 atom stereocenters. The largest absolute Gasteiger partial charge is 0.401 e. The molecule has 0 aliphatic rings. The van der Waals surface area contributed by atoms with Gasteiger partial charge in [-0.05, 0) is 33.8 Å². The lowest BCUT2D eigenvalue weighted by atomic mass is 10.0. The average molecular weight is 564 g/mol. The molecule has 2 rings (SSSR count). The first-order valence-electron chi connectivity index (χ1n) is 15.5. The summed E-state index contributed by atoms with van der Waals surface area (Å²) in [6.07, 6.45) is 19.1. The molecule has 220 valence electrons. The SMILES string of the molecule is CCCCCCCCCCCCCC=C[C@@H](O[Si](c1ccccc1)(c1ccccc1)C(C)(C)C)[C@H](CO)N=[N+]=[N-]. The van der Waals surface area contributed by atoms with E-state index in [1.807, 2.05) is 18.2 Å². The lowest BCUT2D eigenvalue weighted by Gasteiger charge is -2.45. The predicted molar refractivity (Wildman–Crippen MR) is 173 cm³/mol. The zero-order valence-corrected chi connectivity index (χ0v) is 26.5. The van der Waals surface area contributed by atoms with Crippen molar-refractivity contribution in [2.24, 2.45) is 5.11 Å². The van der Waals surface area contributed by atoms with E-state index < -0.39 is 20.5 Å². The van der Waals surface area contributed by atoms with Gasteiger partial charge in [-0.2, -0.15) is 0 Å². The molecule has 6 heteroatoms. The summed E-state index contributed by atoms with van der Waals surface area (Å²) in [5.41, 5.74) is 9.27. The van der Waals surface area contributed by atoms with Crippen LogP contribution in [0.25, 0.3) is 10.4 Å². The highest BCUT2D eigenvalue weighted by molar-refractivity contribution is 6.99. The topological polar surface area (TPSA) is 78.2 Å². The number of aliphatic hydroxyl groups excluding tert-OH is 1. The minimum atomic E-state index is -2.87. The molecule has 0 aliphatic heterocycles. The molecule has 0 saturated heterocycles. The minimum Gasteiger partial charge on any atom is -0.401 e. The maximum atomic E-state index is 10.2. The standard InChI is InChI=1S/C34H53N3O2Si/c1-5-6-7-8-9-10-11-12-13-14-15-16-23-28-33(32(29-38)36-37-35)39-40(34(2,3)4,30-24-19-17-20-25-30)31-26-21-18-22-27-31/h17-28,32-33,38H,5-16,29H2,1-4H3/t32-,33+/m0/s1. The molecule has 5 nitrogen and oxygen atoms in total. The summed E-state index contributed by atoms with van der Waals surface area (Å²) in [5, 5.41) is 16.3. The summed E-state index contributed by atoms with van der Waals surface area (Å²) in [7, 11) is -2.87. The fourth-order valence-electron chi connectivity index (χ4n) is 5.57. The van der Waals surface area contributed by atoms with Crippen molar-refractivity contribution in [2.75, 3.05) is 6.61 Å². The quantitative estimate of drug-likeness (QED) is 0.0436. The summed E-state index contributed by atoms with van der Waals surface area (Å²) >= 11 is 0. The van der Waals surface area contributed by atoms with E-state index in [4.69, 9.17) is 4.43 Å². The number of rotatable bonds is 20. The molecule has 2 aromatic rings. The number of unbranched alkanes of at least 4 members (excludes halogenated alkanes) is 11. The number of hydrogen-bond acceptors (Lipinski definition) is 3. The van der Waals surface area contributed by atoms with Crippen LogP contribution in [0.3, 0.4) is 0 Å². The Kier molecular flexibility index (Phi) is 16.0. The van der Waals surface area contributed by atoms with E-state index in [0.717, 1.165) is 23.2 Å². The molecule has 0 bridgehead atoms. The zero-order valence-electron chi connectivity index (χ0n) is 25.5. The van der Waals surface area contributed by atoms with E-state index in [1.54, 1.807) is 0 Å². The van der Waals surface area contributed by atoms with E-state index in [-0.39, 0.29) is 11.6 Å². The van der Waals surface area contributed by atoms with Crippen LogP contribution in [0.4, 0.5) is 0 Å². The van der Waals surface area contributed by atoms with E-state index in [0.29, 0.717) is 0 Å². The second kappa shape index (κ2) is 18.9. The molecule has 0 heterocycles. The van der Waals surface area contributed by atoms with Crippen LogP contribution in [0, 0.1) is 0 Å². The van der Waals surface area contributed by atoms with E-state index in [1.165, 1.54) is 64.2 Å². The van der Waals surface area contributed by atoms with Crippen molar-refractivity contribution in [1.82, 2.24) is 0 Å². The Morgan fingerprint density at radius 3 is 1.73 bits per heavy atom. The van der Waals surface area contributed by atoms with Crippen molar-refractivity contribution in [1.29, 1.82) is 0 Å². The number of aliphatic hydroxyl groups is 1. The van der Waals surface area contributed by atoms with Crippen molar-refractivity contribution < 1.29 is 9.53 Å². The van der Waals surface area contributed by atoms with Crippen molar-refractivity contribution >= 4 is 18.7 Å². The molecule has 0 unspecified atom stereocenters. The fourth-order valence-corrected chi connectivity index (χ4v) is 10.2. The van der Waals surface area contributed by atoms with Gasteiger partial charge in [0.25, 0.3) is 8.32 Å². The molecule has 0 aromatic heterocycles. The third kappa shape index (κ3) is 10.6. The summed E-state index contributed by atoms with van der Waals surface area (Å²) in [6.45, 7) is 8.69. The molecule has 0 aliphatic carbocycles. The lowest BCUT2D eigenvalue weighted by molar-refractivity contribution is 0.153. The fraction of sp³-hybridized carbons (Fsp3) is 0.588. The Labute approximate surface area is 244 Å². The van der Waals surface area contributed by atoms with Crippen molar-refractivity contribution in [3.05, 3.63) is 83.3 Å². The van der Waals surface area contributed by atoms with Gasteiger partial charge in [-0.1, -0.05) is 170 Å². The highest BCUT2D eigenvalue weighted by atomic mass is 28.4. The van der Waals surface area contributed by atoms with E-state index >= 15 is 0 Å². The van der Waals surface area contributed by atoms with Crippen LogP contribution in [-0.4, -0.2) is 32.2 Å². The average Bonchev–Trinajstić information content (AvgIpc) is 2.96. The maximum absolute atomic E-state index is 10.2. The number of azide groups is 1. The highest BCUT2D eigenvalue weighted by Crippen LogP contribution is 2.38. The summed E-state index contributed by atoms with van der Waals surface area (Å²) < 4.78 is 7.21. The van der Waals surface area contributed by atoms with Gasteiger partial charge in [0.1, 0.15) is 0 Å². The number of nitrogens with zero attached hydrogens (tertiary/aromatic N) is 3. The normalized spacial score (nSPS) is 13.7. The zero-order chi connectivity index (χ0) is 29.1. The van der Waals surface area contributed by atoms with Gasteiger partial charge in [0, 0.05) is 4.91 Å². The van der Waals surface area contributed by atoms with Gasteiger partial charge in [0.2, 0.25) is 0 Å². The number of hydrogen-bond donors (Lipinski definition) is 1. The highest BCUT2D eigenvalue weighted by Gasteiger charge is 2.51. The van der Waals surface area contributed by atoms with Crippen LogP contribution >= 0.6 is 0 Å². The van der Waals surface area contributed by atoms with Crippen LogP contribution in [-0.2, 0) is 4.43 Å². The summed E-state index contributed by atoms with van der Waals surface area (Å²) in [6, 6.07) is 20.2. The first-order valence-corrected chi connectivity index (χ1v) is 17.4. The van der Waals surface area contributed by atoms with E-state index in [9.17, 15) is 10.6 Å². The smallest absolute Gasteiger partial charge is 0.261 e. The molecule has 2 aromatic carbocycles. The van der Waals surface area contributed by atoms with Gasteiger partial charge in [-0.15, -0.1) is 0 Å². The molecule has 0 amide bonds. The summed E-state index contributed by atoms with van der Waals surface area (Å²) in [4.78, 5) is 3.05. The number of benzene rings is 2. The monoisotopic (exact) mass is 563 g/mol. The minimum absolute atomic E-state index is 0.214. The third-order valence-electron chi connectivity index (χ3n) is 7.80. The molecule has 0 saturated carbocycles. The van der Waals surface area contributed by atoms with Gasteiger partial charge in [0.05, 0.1) is 18.8 Å². The van der Waals surface area contributed by atoms with Crippen LogP contribution < -0.4 is 10.4 Å². The predicted octanol–water partition coefficient (Wildman–Crippen LogP) is 8.86. The van der Waals surface area contributed by atoms with Crippen LogP contribution in [0.1, 0.15) is 105 Å². The Morgan fingerprint density at radius 2 is 1.30 bits per heavy atom. The van der Waals surface area contributed by atoms with E-state index in [2.05, 4.69) is 92.3 Å². The lowest BCUT2D eigenvalue weighted by Crippen LogP contribution is -2.68. The second-order valence-corrected chi connectivity index (χ2v) is 16.2. The molecule has 40 heavy (non-hydrogen) atoms. The molecular formula is C34H53N3O2Si. The Hall–Kier alpha value is -2.37. The Morgan fingerprint density at radius 1 is 0.825 bits per heavy atom. The van der Waals surface area contributed by atoms with Crippen LogP contribution in [0.5, 0.6) is 0 Å². The molecule has 0 fully saturated rings. The Balaban J connectivity index is 2.13. The second-order valence-electron chi connectivity index (χ2n) is 12.0. The van der Waals surface area contributed by atoms with Gasteiger partial charge in [-0.25, -0.2) is 0 Å². The molecular weight excluding hydrogens is 510 g/mol.